The number of carbonyl (C=O) groups excluding carboxylic acids is 2. The highest BCUT2D eigenvalue weighted by Crippen LogP contribution is 2.25. The van der Waals surface area contributed by atoms with Crippen molar-refractivity contribution >= 4 is 29.3 Å². The number of nitrogens with zero attached hydrogens (tertiary/aromatic N) is 1. The highest BCUT2D eigenvalue weighted by atomic mass is 32.2. The molecule has 2 atom stereocenters. The quantitative estimate of drug-likeness (QED) is 0.793. The van der Waals surface area contributed by atoms with E-state index in [1.165, 1.54) is 0 Å². The predicted molar refractivity (Wildman–Crippen MR) is 88.9 cm³/mol. The van der Waals surface area contributed by atoms with Crippen molar-refractivity contribution in [2.45, 2.75) is 18.9 Å². The lowest BCUT2D eigenvalue weighted by molar-refractivity contribution is -0.127. The number of amides is 2. The second-order valence-corrected chi connectivity index (χ2v) is 6.40. The van der Waals surface area contributed by atoms with E-state index in [1.807, 2.05) is 36.6 Å². The van der Waals surface area contributed by atoms with E-state index in [9.17, 15) is 14.7 Å². The first-order valence-corrected chi connectivity index (χ1v) is 8.80. The van der Waals surface area contributed by atoms with E-state index in [0.29, 0.717) is 6.54 Å². The number of aliphatic hydroxyl groups is 1. The van der Waals surface area contributed by atoms with Crippen LogP contribution in [-0.4, -0.2) is 48.1 Å². The van der Waals surface area contributed by atoms with Crippen LogP contribution in [0.15, 0.2) is 30.3 Å². The lowest BCUT2D eigenvalue weighted by Crippen LogP contribution is -2.42. The highest BCUT2D eigenvalue weighted by Gasteiger charge is 2.35. The van der Waals surface area contributed by atoms with E-state index < -0.39 is 0 Å². The van der Waals surface area contributed by atoms with E-state index in [2.05, 4.69) is 5.32 Å². The molecule has 1 aliphatic heterocycles. The number of thioether (sulfide) groups is 1. The summed E-state index contributed by atoms with van der Waals surface area (Å²) in [6, 6.07) is 9.15. The van der Waals surface area contributed by atoms with Gasteiger partial charge in [0.1, 0.15) is 0 Å². The van der Waals surface area contributed by atoms with Crippen molar-refractivity contribution in [2.75, 3.05) is 30.1 Å². The number of nitrogens with one attached hydrogen (secondary N) is 1. The molecule has 1 aromatic carbocycles. The van der Waals surface area contributed by atoms with Crippen molar-refractivity contribution in [1.29, 1.82) is 0 Å². The van der Waals surface area contributed by atoms with Crippen molar-refractivity contribution in [3.8, 4) is 0 Å². The molecule has 120 valence electrons. The number of benzene rings is 1. The largest absolute Gasteiger partial charge is 0.394 e. The summed E-state index contributed by atoms with van der Waals surface area (Å²) >= 11 is 1.68. The summed E-state index contributed by atoms with van der Waals surface area (Å²) in [6.07, 6.45) is 2.94. The first-order chi connectivity index (χ1) is 10.7. The monoisotopic (exact) mass is 322 g/mol. The molecule has 0 aliphatic carbocycles. The molecule has 1 aromatic rings. The van der Waals surface area contributed by atoms with Gasteiger partial charge in [-0.1, -0.05) is 18.2 Å². The summed E-state index contributed by atoms with van der Waals surface area (Å²) < 4.78 is 0. The van der Waals surface area contributed by atoms with Crippen molar-refractivity contribution in [3.05, 3.63) is 30.3 Å². The third kappa shape index (κ3) is 4.24. The van der Waals surface area contributed by atoms with Crippen molar-refractivity contribution in [2.24, 2.45) is 5.92 Å². The number of anilines is 1. The Kier molecular flexibility index (Phi) is 6.27. The van der Waals surface area contributed by atoms with Crippen LogP contribution in [0.25, 0.3) is 0 Å². The van der Waals surface area contributed by atoms with Gasteiger partial charge in [-0.05, 0) is 30.6 Å². The first-order valence-electron chi connectivity index (χ1n) is 7.41. The summed E-state index contributed by atoms with van der Waals surface area (Å²) in [4.78, 5) is 26.1. The lowest BCUT2D eigenvalue weighted by Gasteiger charge is -2.19. The van der Waals surface area contributed by atoms with Gasteiger partial charge in [0.15, 0.2) is 0 Å². The number of rotatable bonds is 7. The molecule has 2 rings (SSSR count). The van der Waals surface area contributed by atoms with Crippen LogP contribution in [0.2, 0.25) is 0 Å². The van der Waals surface area contributed by atoms with Crippen LogP contribution in [0.4, 0.5) is 5.69 Å². The van der Waals surface area contributed by atoms with E-state index in [0.717, 1.165) is 17.9 Å². The molecule has 0 radical (unpaired) electrons. The number of carbonyl (C=O) groups is 2. The topological polar surface area (TPSA) is 69.6 Å². The van der Waals surface area contributed by atoms with Gasteiger partial charge in [-0.15, -0.1) is 0 Å². The Morgan fingerprint density at radius 2 is 2.18 bits per heavy atom. The van der Waals surface area contributed by atoms with Crippen molar-refractivity contribution in [3.63, 3.8) is 0 Å². The summed E-state index contributed by atoms with van der Waals surface area (Å²) in [7, 11) is 0. The van der Waals surface area contributed by atoms with Crippen molar-refractivity contribution < 1.29 is 14.7 Å². The normalized spacial score (nSPS) is 19.3. The molecule has 1 heterocycles. The minimum Gasteiger partial charge on any atom is -0.394 e. The third-order valence-electron chi connectivity index (χ3n) is 3.80. The van der Waals surface area contributed by atoms with Gasteiger partial charge in [0.25, 0.3) is 0 Å². The van der Waals surface area contributed by atoms with Gasteiger partial charge in [-0.3, -0.25) is 9.59 Å². The molecule has 1 saturated heterocycles. The Labute approximate surface area is 135 Å². The maximum absolute atomic E-state index is 12.3. The number of hydrogen-bond acceptors (Lipinski definition) is 4. The Morgan fingerprint density at radius 3 is 2.82 bits per heavy atom. The molecule has 0 saturated carbocycles. The molecule has 0 spiro atoms. The maximum atomic E-state index is 12.3. The summed E-state index contributed by atoms with van der Waals surface area (Å²) in [6.45, 7) is 0.324. The zero-order valence-corrected chi connectivity index (χ0v) is 13.5. The van der Waals surface area contributed by atoms with Gasteiger partial charge in [0.05, 0.1) is 18.6 Å². The van der Waals surface area contributed by atoms with Crippen LogP contribution in [0, 0.1) is 5.92 Å². The minimum absolute atomic E-state index is 0.0315. The van der Waals surface area contributed by atoms with Crippen LogP contribution in [0.3, 0.4) is 0 Å². The molecule has 0 bridgehead atoms. The van der Waals surface area contributed by atoms with Gasteiger partial charge >= 0.3 is 0 Å². The fourth-order valence-corrected chi connectivity index (χ4v) is 3.05. The van der Waals surface area contributed by atoms with E-state index in [-0.39, 0.29) is 36.8 Å². The maximum Gasteiger partial charge on any atom is 0.227 e. The standard InChI is InChI=1S/C16H22N2O3S/c1-22-8-7-13(11-19)17-16(21)12-9-15(20)18(10-12)14-5-3-2-4-6-14/h2-6,12-13,19H,7-11H2,1H3,(H,17,21)/t12?,13-/m0/s1. The molecule has 22 heavy (non-hydrogen) atoms. The predicted octanol–water partition coefficient (Wildman–Crippen LogP) is 1.27. The molecular formula is C16H22N2O3S. The third-order valence-corrected chi connectivity index (χ3v) is 4.44. The molecule has 2 N–H and O–H groups in total. The molecule has 1 unspecified atom stereocenters. The van der Waals surface area contributed by atoms with Crippen LogP contribution in [0.5, 0.6) is 0 Å². The van der Waals surface area contributed by atoms with Crippen LogP contribution >= 0.6 is 11.8 Å². The Morgan fingerprint density at radius 1 is 1.45 bits per heavy atom. The minimum atomic E-state index is -0.351. The molecule has 6 heteroatoms. The van der Waals surface area contributed by atoms with Crippen LogP contribution in [-0.2, 0) is 9.59 Å². The lowest BCUT2D eigenvalue weighted by atomic mass is 10.1. The van der Waals surface area contributed by atoms with Gasteiger partial charge in [-0.25, -0.2) is 0 Å². The second-order valence-electron chi connectivity index (χ2n) is 5.41. The fourth-order valence-electron chi connectivity index (χ4n) is 2.53. The average molecular weight is 322 g/mol. The Bertz CT molecular complexity index is 509. The molecule has 5 nitrogen and oxygen atoms in total. The Hall–Kier alpha value is -1.53. The smallest absolute Gasteiger partial charge is 0.227 e. The molecule has 0 aromatic heterocycles. The van der Waals surface area contributed by atoms with Gasteiger partial charge in [0, 0.05) is 18.7 Å². The van der Waals surface area contributed by atoms with E-state index >= 15 is 0 Å². The van der Waals surface area contributed by atoms with E-state index in [4.69, 9.17) is 0 Å². The zero-order chi connectivity index (χ0) is 15.9. The average Bonchev–Trinajstić information content (AvgIpc) is 2.94. The second kappa shape index (κ2) is 8.19. The number of para-hydroxylation sites is 1. The summed E-state index contributed by atoms with van der Waals surface area (Å²) in [5.74, 6) is 0.351. The fraction of sp³-hybridized carbons (Fsp3) is 0.500. The first kappa shape index (κ1) is 16.8. The van der Waals surface area contributed by atoms with Gasteiger partial charge in [0.2, 0.25) is 11.8 Å². The number of hydrogen-bond donors (Lipinski definition) is 2. The summed E-state index contributed by atoms with van der Waals surface area (Å²) in [5.41, 5.74) is 0.823. The van der Waals surface area contributed by atoms with Gasteiger partial charge < -0.3 is 15.3 Å². The molecular weight excluding hydrogens is 300 g/mol. The number of aliphatic hydroxyl groups excluding tert-OH is 1. The SMILES string of the molecule is CSCC[C@@H](CO)NC(=O)C1CC(=O)N(c2ccccc2)C1. The zero-order valence-electron chi connectivity index (χ0n) is 12.7. The van der Waals surface area contributed by atoms with Crippen molar-refractivity contribution in [1.82, 2.24) is 5.32 Å². The highest BCUT2D eigenvalue weighted by molar-refractivity contribution is 7.98. The Balaban J connectivity index is 1.93. The molecule has 2 amide bonds. The van der Waals surface area contributed by atoms with Crippen LogP contribution in [0.1, 0.15) is 12.8 Å². The molecule has 1 aliphatic rings. The van der Waals surface area contributed by atoms with Gasteiger partial charge in [-0.2, -0.15) is 11.8 Å². The molecule has 1 fully saturated rings. The van der Waals surface area contributed by atoms with E-state index in [1.54, 1.807) is 16.7 Å². The van der Waals surface area contributed by atoms with Crippen LogP contribution < -0.4 is 10.2 Å². The summed E-state index contributed by atoms with van der Waals surface area (Å²) in [5, 5.41) is 12.2.